The van der Waals surface area contributed by atoms with E-state index in [9.17, 15) is 30.7 Å². The summed E-state index contributed by atoms with van der Waals surface area (Å²) in [6.45, 7) is 3.93. The van der Waals surface area contributed by atoms with E-state index in [4.69, 9.17) is 40.4 Å². The minimum atomic E-state index is -3.59. The maximum atomic E-state index is 14.1. The Labute approximate surface area is 385 Å². The fraction of sp³-hybridized carbons (Fsp3) is 0.238. The first-order chi connectivity index (χ1) is 29.0. The van der Waals surface area contributed by atoms with Crippen LogP contribution in [0.25, 0.3) is 22.5 Å². The second-order valence-corrected chi connectivity index (χ2v) is 15.5. The standard InChI is InChI=1S/C21H16ClF3N2O2.C13H12F2N2.C7H2BrClF2O2.CH4.B2H3.ClH/c1-21(25)28-18-8-12(22)17(9-19(18)29-21)27-6-5-15-11(10-27)7-16(26-15)20-13(23)3-2-4-14(20)24;14-9-2-1-3-10(15)13(9)12-6-8-7-16-5-4-11(8)17-12;8-3-1-5-6(2-4(3)9)13-7(10,11)12-5;;1-2;/h2-4,7-9,26H,5-6,10H2,1H3;1-3,6,16-17H,4-5,7H2;1-2H;1H4;1H3;1H/q;;;;-1;. The number of alkyl halides is 3. The molecule has 4 aliphatic rings. The number of fused-ring (bicyclic) bond motifs is 4. The van der Waals surface area contributed by atoms with Crippen molar-refractivity contribution < 1.29 is 49.7 Å². The summed E-state index contributed by atoms with van der Waals surface area (Å²) in [6.07, 6.45) is -2.09. The summed E-state index contributed by atoms with van der Waals surface area (Å²) in [5, 5.41) is 3.93. The van der Waals surface area contributed by atoms with E-state index in [2.05, 4.69) is 40.7 Å². The van der Waals surface area contributed by atoms with Crippen LogP contribution in [-0.4, -0.2) is 50.9 Å². The van der Waals surface area contributed by atoms with Crippen LogP contribution < -0.4 is 29.2 Å². The van der Waals surface area contributed by atoms with E-state index in [1.807, 2.05) is 11.0 Å². The third-order valence-electron chi connectivity index (χ3n) is 9.69. The lowest BCUT2D eigenvalue weighted by Crippen LogP contribution is -2.30. The number of aromatic nitrogens is 2. The van der Waals surface area contributed by atoms with Gasteiger partial charge in [-0.25, -0.2) is 17.6 Å². The molecule has 0 amide bonds. The number of nitrogens with zero attached hydrogens (tertiary/aromatic N) is 1. The molecule has 1 atom stereocenters. The molecule has 0 saturated heterocycles. The summed E-state index contributed by atoms with van der Waals surface area (Å²) in [6, 6.07) is 14.9. The number of halogens is 11. The van der Waals surface area contributed by atoms with Crippen LogP contribution in [0.15, 0.2) is 77.3 Å². The van der Waals surface area contributed by atoms with E-state index in [1.54, 1.807) is 12.1 Å². The third-order valence-corrected chi connectivity index (χ3v) is 11.2. The Balaban J connectivity index is 0.000000188. The Kier molecular flexibility index (Phi) is 15.7. The Morgan fingerprint density at radius 2 is 1.17 bits per heavy atom. The number of aromatic amines is 2. The molecule has 3 N–H and O–H groups in total. The van der Waals surface area contributed by atoms with Crippen LogP contribution in [0.4, 0.5) is 36.4 Å². The minimum Gasteiger partial charge on any atom is -0.423 e. The summed E-state index contributed by atoms with van der Waals surface area (Å²) < 4.78 is 114. The molecule has 2 aromatic heterocycles. The molecule has 0 bridgehead atoms. The molecule has 21 heteroatoms. The number of hydrogen-bond acceptors (Lipinski definition) is 6. The number of anilines is 1. The maximum Gasteiger partial charge on any atom is 0.586 e. The van der Waals surface area contributed by atoms with Gasteiger partial charge in [0, 0.05) is 86.1 Å². The number of rotatable bonds is 3. The Morgan fingerprint density at radius 3 is 1.73 bits per heavy atom. The molecule has 63 heavy (non-hydrogen) atoms. The molecular formula is C42H38B2BrCl3F7N4O4-. The van der Waals surface area contributed by atoms with Gasteiger partial charge in [-0.2, -0.15) is 12.1 Å². The molecule has 4 aromatic carbocycles. The highest BCUT2D eigenvalue weighted by Crippen LogP contribution is 2.47. The Hall–Kier alpha value is -4.61. The van der Waals surface area contributed by atoms with Crippen LogP contribution in [0.5, 0.6) is 23.0 Å². The van der Waals surface area contributed by atoms with E-state index in [-0.39, 0.29) is 61.7 Å². The zero-order chi connectivity index (χ0) is 43.8. The molecule has 1 unspecified atom stereocenters. The quantitative estimate of drug-likeness (QED) is 0.121. The number of hydrogen-bond donors (Lipinski definition) is 3. The van der Waals surface area contributed by atoms with Crippen LogP contribution in [0.2, 0.25) is 10.0 Å². The lowest BCUT2D eigenvalue weighted by Gasteiger charge is -2.29. The van der Waals surface area contributed by atoms with Crippen LogP contribution >= 0.6 is 51.5 Å². The van der Waals surface area contributed by atoms with Crippen LogP contribution in [0.3, 0.4) is 0 Å². The predicted octanol–water partition coefficient (Wildman–Crippen LogP) is 11.1. The van der Waals surface area contributed by atoms with Crippen LogP contribution in [-0.2, 0) is 25.9 Å². The van der Waals surface area contributed by atoms with Crippen molar-refractivity contribution in [1.29, 1.82) is 0 Å². The van der Waals surface area contributed by atoms with Gasteiger partial charge in [0.2, 0.25) is 0 Å². The highest BCUT2D eigenvalue weighted by Gasteiger charge is 2.44. The van der Waals surface area contributed by atoms with Crippen molar-refractivity contribution in [2.45, 2.75) is 52.6 Å². The number of ether oxygens (including phenoxy) is 4. The first kappa shape index (κ1) is 49.4. The molecule has 8 nitrogen and oxygen atoms in total. The third kappa shape index (κ3) is 10.8. The first-order valence-corrected chi connectivity index (χ1v) is 19.5. The maximum absolute atomic E-state index is 14.1. The second kappa shape index (κ2) is 20.1. The van der Waals surface area contributed by atoms with Crippen molar-refractivity contribution in [3.05, 3.63) is 133 Å². The lowest BCUT2D eigenvalue weighted by molar-refractivity contribution is -0.286. The average Bonchev–Trinajstić information content (AvgIpc) is 3.96. The predicted molar refractivity (Wildman–Crippen MR) is 240 cm³/mol. The fourth-order valence-electron chi connectivity index (χ4n) is 7.07. The molecule has 0 fully saturated rings. The molecule has 6 aromatic rings. The van der Waals surface area contributed by atoms with Gasteiger partial charge in [0.05, 0.1) is 38.2 Å². The molecular weight excluding hydrogens is 965 g/mol. The number of H-pyrrole nitrogens is 2. The van der Waals surface area contributed by atoms with E-state index < -0.39 is 35.6 Å². The van der Waals surface area contributed by atoms with Gasteiger partial charge in [0.15, 0.2) is 23.0 Å². The number of benzene rings is 4. The largest absolute Gasteiger partial charge is 0.586 e. The van der Waals surface area contributed by atoms with Gasteiger partial charge in [0.1, 0.15) is 23.3 Å². The summed E-state index contributed by atoms with van der Waals surface area (Å²) in [7, 11) is 5.00. The van der Waals surface area contributed by atoms with E-state index >= 15 is 0 Å². The molecule has 0 saturated carbocycles. The highest BCUT2D eigenvalue weighted by molar-refractivity contribution is 9.10. The van der Waals surface area contributed by atoms with Crippen molar-refractivity contribution in [2.24, 2.45) is 0 Å². The topological polar surface area (TPSA) is 83.8 Å². The van der Waals surface area contributed by atoms with E-state index in [0.29, 0.717) is 51.1 Å². The Morgan fingerprint density at radius 1 is 0.698 bits per heavy atom. The van der Waals surface area contributed by atoms with E-state index in [0.717, 1.165) is 42.0 Å². The fourth-order valence-corrected chi connectivity index (χ4v) is 7.81. The summed E-state index contributed by atoms with van der Waals surface area (Å²) >= 11 is 15.1. The summed E-state index contributed by atoms with van der Waals surface area (Å²) in [5.41, 5.74) is 5.56. The van der Waals surface area contributed by atoms with Crippen molar-refractivity contribution in [3.8, 4) is 45.5 Å². The zero-order valence-electron chi connectivity index (χ0n) is 31.5. The summed E-state index contributed by atoms with van der Waals surface area (Å²) in [5.74, 6) is -1.85. The molecule has 334 valence electrons. The van der Waals surface area contributed by atoms with Gasteiger partial charge < -0.3 is 39.1 Å². The first-order valence-electron chi connectivity index (χ1n) is 18.0. The van der Waals surface area contributed by atoms with Crippen LogP contribution in [0, 0.1) is 23.3 Å². The summed E-state index contributed by atoms with van der Waals surface area (Å²) in [4.78, 5) is 8.26. The highest BCUT2D eigenvalue weighted by atomic mass is 79.9. The number of nitrogens with one attached hydrogen (secondary N) is 3. The zero-order valence-corrected chi connectivity index (χ0v) is 35.4. The van der Waals surface area contributed by atoms with Crippen molar-refractivity contribution in [2.75, 3.05) is 18.0 Å². The molecule has 0 aliphatic carbocycles. The average molecular weight is 1000 g/mol. The lowest BCUT2D eigenvalue weighted by atomic mass is 9.81. The molecule has 4 aliphatic heterocycles. The molecule has 10 rings (SSSR count). The van der Waals surface area contributed by atoms with Crippen molar-refractivity contribution in [1.82, 2.24) is 15.3 Å². The Bertz CT molecular complexity index is 2510. The van der Waals surface area contributed by atoms with E-state index in [1.165, 1.54) is 61.5 Å². The minimum absolute atomic E-state index is 0. The SMILES string of the molecule is C.CC1(F)Oc2cc(Cl)c(N3CCc4[nH]c(-c5c(F)cccc5F)cc4C3)cc2O1.Cl.FC1(F)Oc2cc(Cl)c(Br)cc2O1.Fc1cccc(F)c1-c1cc2c([nH]1)CCNC2.[B][BH3-]. The van der Waals surface area contributed by atoms with Crippen molar-refractivity contribution >= 4 is 72.7 Å². The normalized spacial score (nSPS) is 16.9. The molecule has 6 heterocycles. The molecule has 2 radical (unpaired) electrons. The van der Waals surface area contributed by atoms with Gasteiger partial charge in [0.25, 0.3) is 0 Å². The van der Waals surface area contributed by atoms with Crippen molar-refractivity contribution in [3.63, 3.8) is 0 Å². The van der Waals surface area contributed by atoms with Gasteiger partial charge >= 0.3 is 12.3 Å². The second-order valence-electron chi connectivity index (χ2n) is 13.8. The molecule has 0 spiro atoms. The van der Waals surface area contributed by atoms with Gasteiger partial charge in [-0.15, -0.1) is 21.2 Å². The smallest absolute Gasteiger partial charge is 0.423 e. The monoisotopic (exact) mass is 1000 g/mol. The van der Waals surface area contributed by atoms with Gasteiger partial charge in [-0.3, -0.25) is 0 Å². The van der Waals surface area contributed by atoms with Crippen LogP contribution in [0.1, 0.15) is 36.9 Å². The van der Waals surface area contributed by atoms with Gasteiger partial charge in [-0.05, 0) is 63.5 Å². The van der Waals surface area contributed by atoms with Gasteiger partial charge in [-0.1, -0.05) is 50.5 Å².